The molecule has 2 aliphatic rings. The molecule has 2 saturated carbocycles. The highest BCUT2D eigenvalue weighted by atomic mass is 19.1. The van der Waals surface area contributed by atoms with Crippen LogP contribution in [0.5, 0.6) is 11.5 Å². The molecular weight excluding hydrogens is 748 g/mol. The van der Waals surface area contributed by atoms with E-state index in [-0.39, 0.29) is 35.3 Å². The third-order valence-corrected chi connectivity index (χ3v) is 9.95. The van der Waals surface area contributed by atoms with Crippen molar-refractivity contribution in [3.8, 4) is 34.0 Å². The topological polar surface area (TPSA) is 137 Å². The standard InChI is InChI=1S/C23H19FN4O2.C23H20N4O2/c24-18-13-17(11-12-20(18)30-14-15-5-2-1-3-6-15)19-7-4-8-21-25-23(27-28(19)21)26-22(29)16-9-10-16;28-22(17-13-14-17)25-23-24-21-12-6-10-19(27(21)26-23)18-9-4-5-11-20(18)29-15-16-7-2-1-3-8-16/h1-8,11-13,16H,9-10,14H2,(H,26,27,29);1-12,17H,13-15H2,(H,25,26,28). The van der Waals surface area contributed by atoms with Crippen LogP contribution in [-0.2, 0) is 22.8 Å². The van der Waals surface area contributed by atoms with E-state index in [0.717, 1.165) is 53.8 Å². The molecule has 59 heavy (non-hydrogen) atoms. The number of anilines is 2. The van der Waals surface area contributed by atoms with Crippen LogP contribution in [-0.4, -0.2) is 41.0 Å². The molecule has 2 amide bonds. The normalized spacial score (nSPS) is 13.4. The van der Waals surface area contributed by atoms with Gasteiger partial charge >= 0.3 is 0 Å². The second kappa shape index (κ2) is 16.6. The van der Waals surface area contributed by atoms with Crippen molar-refractivity contribution in [2.24, 2.45) is 11.8 Å². The average molecular weight is 787 g/mol. The number of fused-ring (bicyclic) bond motifs is 2. The van der Waals surface area contributed by atoms with Crippen molar-refractivity contribution >= 4 is 35.0 Å². The van der Waals surface area contributed by atoms with Crippen molar-refractivity contribution in [2.45, 2.75) is 38.9 Å². The number of nitrogens with one attached hydrogen (secondary N) is 2. The van der Waals surface area contributed by atoms with Gasteiger partial charge in [0.25, 0.3) is 0 Å². The van der Waals surface area contributed by atoms with Crippen molar-refractivity contribution in [3.05, 3.63) is 156 Å². The van der Waals surface area contributed by atoms with Gasteiger partial charge in [-0.05, 0) is 91.4 Å². The Morgan fingerprint density at radius 2 is 1.08 bits per heavy atom. The van der Waals surface area contributed by atoms with Crippen molar-refractivity contribution in [2.75, 3.05) is 10.6 Å². The van der Waals surface area contributed by atoms with Gasteiger partial charge < -0.3 is 9.47 Å². The molecule has 0 bridgehead atoms. The highest BCUT2D eigenvalue weighted by Gasteiger charge is 2.31. The van der Waals surface area contributed by atoms with E-state index in [9.17, 15) is 14.0 Å². The maximum Gasteiger partial charge on any atom is 0.249 e. The zero-order valence-electron chi connectivity index (χ0n) is 31.9. The van der Waals surface area contributed by atoms with Gasteiger partial charge in [-0.1, -0.05) is 84.9 Å². The molecule has 0 saturated heterocycles. The molecule has 2 aliphatic carbocycles. The summed E-state index contributed by atoms with van der Waals surface area (Å²) in [5.41, 5.74) is 6.38. The molecule has 4 heterocycles. The van der Waals surface area contributed by atoms with Gasteiger partial charge in [0.2, 0.25) is 23.7 Å². The molecule has 2 fully saturated rings. The van der Waals surface area contributed by atoms with E-state index >= 15 is 0 Å². The highest BCUT2D eigenvalue weighted by Crippen LogP contribution is 2.33. The number of carbonyl (C=O) groups is 2. The van der Waals surface area contributed by atoms with Gasteiger partial charge in [-0.25, -0.2) is 13.4 Å². The van der Waals surface area contributed by atoms with Gasteiger partial charge in [-0.2, -0.15) is 9.97 Å². The van der Waals surface area contributed by atoms with E-state index in [1.165, 1.54) is 6.07 Å². The average Bonchev–Trinajstić information content (AvgIpc) is 4.21. The van der Waals surface area contributed by atoms with Gasteiger partial charge in [0.05, 0.1) is 11.4 Å². The third-order valence-electron chi connectivity index (χ3n) is 9.95. The number of carbonyl (C=O) groups excluding carboxylic acids is 2. The largest absolute Gasteiger partial charge is 0.488 e. The zero-order valence-corrected chi connectivity index (χ0v) is 31.9. The van der Waals surface area contributed by atoms with Crippen LogP contribution in [0.2, 0.25) is 0 Å². The van der Waals surface area contributed by atoms with Crippen molar-refractivity contribution in [1.82, 2.24) is 29.2 Å². The number of hydrogen-bond donors (Lipinski definition) is 2. The SMILES string of the molecule is O=C(Nc1nc2cccc(-c3ccc(OCc4ccccc4)c(F)c3)n2n1)C1CC1.O=C(Nc1nc2cccc(-c3ccccc3OCc3ccccc3)n2n1)C1CC1. The summed E-state index contributed by atoms with van der Waals surface area (Å²) in [4.78, 5) is 32.9. The summed E-state index contributed by atoms with van der Waals surface area (Å²) in [6.45, 7) is 0.772. The quantitative estimate of drug-likeness (QED) is 0.125. The molecule has 0 radical (unpaired) electrons. The maximum absolute atomic E-state index is 14.7. The summed E-state index contributed by atoms with van der Waals surface area (Å²) in [6.07, 6.45) is 3.69. The number of amides is 2. The maximum atomic E-state index is 14.7. The number of ether oxygens (including phenoxy) is 2. The molecule has 0 atom stereocenters. The number of rotatable bonds is 12. The Kier molecular flexibility index (Phi) is 10.5. The highest BCUT2D eigenvalue weighted by molar-refractivity contribution is 5.93. The number of para-hydroxylation sites is 1. The summed E-state index contributed by atoms with van der Waals surface area (Å²) in [7, 11) is 0. The molecule has 13 heteroatoms. The smallest absolute Gasteiger partial charge is 0.249 e. The first-order chi connectivity index (χ1) is 28.9. The van der Waals surface area contributed by atoms with E-state index in [4.69, 9.17) is 9.47 Å². The Hall–Kier alpha value is -7.41. The lowest BCUT2D eigenvalue weighted by Crippen LogP contribution is -2.14. The van der Waals surface area contributed by atoms with Crippen molar-refractivity contribution in [3.63, 3.8) is 0 Å². The number of hydrogen-bond acceptors (Lipinski definition) is 8. The van der Waals surface area contributed by atoms with E-state index < -0.39 is 5.82 Å². The van der Waals surface area contributed by atoms with Crippen LogP contribution in [0.25, 0.3) is 33.8 Å². The lowest BCUT2D eigenvalue weighted by molar-refractivity contribution is -0.118. The molecule has 4 aromatic heterocycles. The van der Waals surface area contributed by atoms with Crippen molar-refractivity contribution < 1.29 is 23.5 Å². The second-order valence-corrected chi connectivity index (χ2v) is 14.4. The van der Waals surface area contributed by atoms with E-state index in [2.05, 4.69) is 30.8 Å². The van der Waals surface area contributed by atoms with Gasteiger partial charge in [-0.15, -0.1) is 10.2 Å². The number of aromatic nitrogens is 6. The number of halogens is 1. The Balaban J connectivity index is 0.000000152. The number of benzene rings is 4. The monoisotopic (exact) mass is 786 g/mol. The van der Waals surface area contributed by atoms with Crippen LogP contribution < -0.4 is 20.1 Å². The first-order valence-corrected chi connectivity index (χ1v) is 19.5. The Bertz CT molecular complexity index is 2770. The summed E-state index contributed by atoms with van der Waals surface area (Å²) in [5.74, 6) is 1.19. The number of nitrogens with zero attached hydrogens (tertiary/aromatic N) is 6. The lowest BCUT2D eigenvalue weighted by Gasteiger charge is -2.12. The third kappa shape index (κ3) is 8.79. The van der Waals surface area contributed by atoms with Gasteiger partial charge in [0.15, 0.2) is 22.9 Å². The molecule has 0 spiro atoms. The minimum atomic E-state index is -0.456. The van der Waals surface area contributed by atoms with Gasteiger partial charge in [0.1, 0.15) is 19.0 Å². The van der Waals surface area contributed by atoms with Gasteiger partial charge in [0, 0.05) is 23.0 Å². The molecule has 0 aliphatic heterocycles. The lowest BCUT2D eigenvalue weighted by atomic mass is 10.1. The molecule has 10 rings (SSSR count). The Morgan fingerprint density at radius 1 is 0.576 bits per heavy atom. The minimum Gasteiger partial charge on any atom is -0.488 e. The molecular formula is C46H39FN8O4. The molecule has 12 nitrogen and oxygen atoms in total. The van der Waals surface area contributed by atoms with E-state index in [0.29, 0.717) is 41.7 Å². The van der Waals surface area contributed by atoms with E-state index in [1.54, 1.807) is 27.2 Å². The fraction of sp³-hybridized carbons (Fsp3) is 0.174. The van der Waals surface area contributed by atoms with Crippen LogP contribution >= 0.6 is 0 Å². The van der Waals surface area contributed by atoms with Gasteiger partial charge in [-0.3, -0.25) is 20.2 Å². The van der Waals surface area contributed by atoms with E-state index in [1.807, 2.05) is 115 Å². The Labute approximate surface area is 338 Å². The summed E-state index contributed by atoms with van der Waals surface area (Å²) in [5, 5.41) is 14.5. The molecule has 294 valence electrons. The molecule has 8 aromatic rings. The van der Waals surface area contributed by atoms with Crippen LogP contribution in [0.4, 0.5) is 16.3 Å². The van der Waals surface area contributed by atoms with Crippen LogP contribution in [0.3, 0.4) is 0 Å². The van der Waals surface area contributed by atoms with Crippen LogP contribution in [0.15, 0.2) is 140 Å². The summed E-state index contributed by atoms with van der Waals surface area (Å²) in [6, 6.07) is 43.6. The predicted octanol–water partition coefficient (Wildman–Crippen LogP) is 8.79. The van der Waals surface area contributed by atoms with Crippen molar-refractivity contribution in [1.29, 1.82) is 0 Å². The minimum absolute atomic E-state index is 0.00551. The predicted molar refractivity (Wildman–Crippen MR) is 221 cm³/mol. The van der Waals surface area contributed by atoms with Crippen LogP contribution in [0.1, 0.15) is 36.8 Å². The summed E-state index contributed by atoms with van der Waals surface area (Å²) < 4.78 is 29.8. The Morgan fingerprint density at radius 3 is 1.64 bits per heavy atom. The van der Waals surface area contributed by atoms with Crippen LogP contribution in [0, 0.1) is 17.7 Å². The second-order valence-electron chi connectivity index (χ2n) is 14.4. The summed E-state index contributed by atoms with van der Waals surface area (Å²) >= 11 is 0. The fourth-order valence-electron chi connectivity index (χ4n) is 6.51. The zero-order chi connectivity index (χ0) is 40.1. The fourth-order valence-corrected chi connectivity index (χ4v) is 6.51. The number of pyridine rings is 2. The molecule has 4 aromatic carbocycles. The first-order valence-electron chi connectivity index (χ1n) is 19.5. The molecule has 0 unspecified atom stereocenters. The first kappa shape index (κ1) is 37.2. The molecule has 2 N–H and O–H groups in total.